The minimum atomic E-state index is -0.277. The van der Waals surface area contributed by atoms with E-state index in [2.05, 4.69) is 25.4 Å². The van der Waals surface area contributed by atoms with E-state index in [4.69, 9.17) is 0 Å². The molecule has 0 unspecified atom stereocenters. The summed E-state index contributed by atoms with van der Waals surface area (Å²) in [6.45, 7) is 3.88. The summed E-state index contributed by atoms with van der Waals surface area (Å²) >= 11 is 1.54. The summed E-state index contributed by atoms with van der Waals surface area (Å²) in [6.07, 6.45) is 3.40. The number of nitrogens with zero attached hydrogens (tertiary/aromatic N) is 5. The molecule has 0 atom stereocenters. The number of amides is 1. The Balaban J connectivity index is 1.75. The van der Waals surface area contributed by atoms with E-state index < -0.39 is 0 Å². The molecule has 1 N–H and O–H groups in total. The Morgan fingerprint density at radius 1 is 1.16 bits per heavy atom. The van der Waals surface area contributed by atoms with Crippen molar-refractivity contribution in [2.45, 2.75) is 13.8 Å². The van der Waals surface area contributed by atoms with Gasteiger partial charge in [0.25, 0.3) is 5.91 Å². The van der Waals surface area contributed by atoms with Gasteiger partial charge in [-0.15, -0.1) is 16.4 Å². The summed E-state index contributed by atoms with van der Waals surface area (Å²) in [7, 11) is 0. The van der Waals surface area contributed by atoms with Crippen molar-refractivity contribution in [1.82, 2.24) is 24.6 Å². The van der Waals surface area contributed by atoms with Crippen molar-refractivity contribution in [2.24, 2.45) is 0 Å². The lowest BCUT2D eigenvalue weighted by atomic mass is 10.2. The van der Waals surface area contributed by atoms with Crippen molar-refractivity contribution in [2.75, 3.05) is 5.32 Å². The van der Waals surface area contributed by atoms with Crippen LogP contribution in [0.2, 0.25) is 0 Å². The Labute approximate surface area is 147 Å². The van der Waals surface area contributed by atoms with Crippen molar-refractivity contribution < 1.29 is 4.79 Å². The van der Waals surface area contributed by atoms with E-state index in [0.29, 0.717) is 22.9 Å². The predicted octanol–water partition coefficient (Wildman–Crippen LogP) is 3.12. The number of carbonyl (C=O) groups is 1. The van der Waals surface area contributed by atoms with Gasteiger partial charge in [-0.05, 0) is 38.1 Å². The zero-order chi connectivity index (χ0) is 17.4. The van der Waals surface area contributed by atoms with Crippen LogP contribution in [0.1, 0.15) is 21.1 Å². The number of thiazole rings is 1. The molecule has 1 amide bonds. The molecular formula is C17H14N6OS. The SMILES string of the molecule is Cc1nc(C)c(-c2nc3c(C(=O)Nc4ccccn4)cccn3n2)s1. The zero-order valence-corrected chi connectivity index (χ0v) is 14.4. The molecule has 0 aliphatic carbocycles. The van der Waals surface area contributed by atoms with E-state index in [9.17, 15) is 4.79 Å². The molecule has 4 heterocycles. The second-order valence-corrected chi connectivity index (χ2v) is 6.65. The molecule has 0 bridgehead atoms. The third-order valence-corrected chi connectivity index (χ3v) is 4.69. The van der Waals surface area contributed by atoms with Crippen molar-refractivity contribution in [3.05, 3.63) is 59.0 Å². The van der Waals surface area contributed by atoms with Crippen LogP contribution >= 0.6 is 11.3 Å². The molecule has 0 saturated heterocycles. The van der Waals surface area contributed by atoms with E-state index in [-0.39, 0.29) is 5.91 Å². The number of aryl methyl sites for hydroxylation is 2. The molecule has 4 aromatic heterocycles. The van der Waals surface area contributed by atoms with Gasteiger partial charge in [0, 0.05) is 12.4 Å². The lowest BCUT2D eigenvalue weighted by Gasteiger charge is -2.04. The molecule has 4 aromatic rings. The van der Waals surface area contributed by atoms with Gasteiger partial charge in [0.1, 0.15) is 5.82 Å². The van der Waals surface area contributed by atoms with Crippen LogP contribution in [0.15, 0.2) is 42.7 Å². The average molecular weight is 350 g/mol. The third-order valence-electron chi connectivity index (χ3n) is 3.62. The van der Waals surface area contributed by atoms with Crippen LogP contribution in [0, 0.1) is 13.8 Å². The van der Waals surface area contributed by atoms with Crippen LogP contribution in [0.3, 0.4) is 0 Å². The number of aromatic nitrogens is 5. The fourth-order valence-electron chi connectivity index (χ4n) is 2.54. The van der Waals surface area contributed by atoms with Crippen molar-refractivity contribution >= 4 is 28.7 Å². The molecule has 7 nitrogen and oxygen atoms in total. The Hall–Kier alpha value is -3.13. The lowest BCUT2D eigenvalue weighted by molar-refractivity contribution is 0.102. The van der Waals surface area contributed by atoms with E-state index >= 15 is 0 Å². The van der Waals surface area contributed by atoms with Crippen molar-refractivity contribution in [1.29, 1.82) is 0 Å². The van der Waals surface area contributed by atoms with Gasteiger partial charge in [0.15, 0.2) is 11.5 Å². The molecule has 0 saturated carbocycles. The maximum atomic E-state index is 12.6. The first-order valence-corrected chi connectivity index (χ1v) is 8.45. The average Bonchev–Trinajstić information content (AvgIpc) is 3.17. The molecule has 0 aliphatic rings. The number of rotatable bonds is 3. The van der Waals surface area contributed by atoms with Gasteiger partial charge in [-0.25, -0.2) is 19.5 Å². The van der Waals surface area contributed by atoms with Gasteiger partial charge in [0.2, 0.25) is 0 Å². The van der Waals surface area contributed by atoms with E-state index in [1.807, 2.05) is 19.9 Å². The van der Waals surface area contributed by atoms with Crippen molar-refractivity contribution in [3.8, 4) is 10.7 Å². The lowest BCUT2D eigenvalue weighted by Crippen LogP contribution is -2.14. The number of carbonyl (C=O) groups excluding carboxylic acids is 1. The Kier molecular flexibility index (Phi) is 3.73. The first-order chi connectivity index (χ1) is 12.1. The molecule has 0 aromatic carbocycles. The van der Waals surface area contributed by atoms with Crippen LogP contribution in [-0.2, 0) is 0 Å². The van der Waals surface area contributed by atoms with E-state index in [1.54, 1.807) is 41.2 Å². The van der Waals surface area contributed by atoms with Gasteiger partial charge in [-0.1, -0.05) is 6.07 Å². The zero-order valence-electron chi connectivity index (χ0n) is 13.6. The van der Waals surface area contributed by atoms with E-state index in [0.717, 1.165) is 15.6 Å². The molecule has 0 radical (unpaired) electrons. The molecule has 4 rings (SSSR count). The maximum Gasteiger partial charge on any atom is 0.260 e. The minimum absolute atomic E-state index is 0.277. The summed E-state index contributed by atoms with van der Waals surface area (Å²) in [4.78, 5) is 26.6. The quantitative estimate of drug-likeness (QED) is 0.613. The topological polar surface area (TPSA) is 85.1 Å². The highest BCUT2D eigenvalue weighted by molar-refractivity contribution is 7.15. The molecular weight excluding hydrogens is 336 g/mol. The van der Waals surface area contributed by atoms with Crippen LogP contribution in [0.4, 0.5) is 5.82 Å². The minimum Gasteiger partial charge on any atom is -0.306 e. The smallest absolute Gasteiger partial charge is 0.260 e. The normalized spacial score (nSPS) is 11.0. The van der Waals surface area contributed by atoms with Crippen LogP contribution < -0.4 is 5.32 Å². The monoisotopic (exact) mass is 350 g/mol. The molecule has 124 valence electrons. The fraction of sp³-hybridized carbons (Fsp3) is 0.118. The van der Waals surface area contributed by atoms with Gasteiger partial charge in [-0.3, -0.25) is 4.79 Å². The summed E-state index contributed by atoms with van der Waals surface area (Å²) in [5, 5.41) is 8.22. The number of fused-ring (bicyclic) bond motifs is 1. The standard InChI is InChI=1S/C17H14N6OS/c1-10-14(25-11(2)19-10)15-21-16-12(6-5-9-23(16)22-15)17(24)20-13-7-3-4-8-18-13/h3-9H,1-2H3,(H,18,20,24). The Bertz CT molecular complexity index is 1070. The third kappa shape index (κ3) is 2.87. The number of anilines is 1. The first-order valence-electron chi connectivity index (χ1n) is 7.64. The number of hydrogen-bond donors (Lipinski definition) is 1. The molecule has 0 spiro atoms. The highest BCUT2D eigenvalue weighted by Crippen LogP contribution is 2.27. The van der Waals surface area contributed by atoms with E-state index in [1.165, 1.54) is 11.3 Å². The summed E-state index contributed by atoms with van der Waals surface area (Å²) in [5.74, 6) is 0.782. The number of hydrogen-bond acceptors (Lipinski definition) is 6. The second-order valence-electron chi connectivity index (χ2n) is 5.44. The predicted molar refractivity (Wildman–Crippen MR) is 95.8 cm³/mol. The Morgan fingerprint density at radius 2 is 2.04 bits per heavy atom. The largest absolute Gasteiger partial charge is 0.306 e. The van der Waals surface area contributed by atoms with Gasteiger partial charge in [-0.2, -0.15) is 0 Å². The number of pyridine rings is 2. The van der Waals surface area contributed by atoms with Gasteiger partial charge in [0.05, 0.1) is 21.1 Å². The van der Waals surface area contributed by atoms with Crippen LogP contribution in [0.25, 0.3) is 16.3 Å². The summed E-state index contributed by atoms with van der Waals surface area (Å²) < 4.78 is 1.61. The molecule has 8 heteroatoms. The summed E-state index contributed by atoms with van der Waals surface area (Å²) in [6, 6.07) is 8.82. The maximum absolute atomic E-state index is 12.6. The van der Waals surface area contributed by atoms with Crippen LogP contribution in [-0.4, -0.2) is 30.5 Å². The fourth-order valence-corrected chi connectivity index (χ4v) is 3.39. The molecule has 0 aliphatic heterocycles. The second kappa shape index (κ2) is 6.06. The number of nitrogens with one attached hydrogen (secondary N) is 1. The Morgan fingerprint density at radius 3 is 2.76 bits per heavy atom. The molecule has 0 fully saturated rings. The highest BCUT2D eigenvalue weighted by atomic mass is 32.1. The van der Waals surface area contributed by atoms with Crippen LogP contribution in [0.5, 0.6) is 0 Å². The van der Waals surface area contributed by atoms with Gasteiger partial charge >= 0.3 is 0 Å². The summed E-state index contributed by atoms with van der Waals surface area (Å²) in [5.41, 5.74) is 1.82. The van der Waals surface area contributed by atoms with Crippen molar-refractivity contribution in [3.63, 3.8) is 0 Å². The highest BCUT2D eigenvalue weighted by Gasteiger charge is 2.18. The van der Waals surface area contributed by atoms with Gasteiger partial charge < -0.3 is 5.32 Å². The first kappa shape index (κ1) is 15.4. The molecule has 25 heavy (non-hydrogen) atoms.